The zero-order valence-electron chi connectivity index (χ0n) is 18.6. The molecule has 0 fully saturated rings. The summed E-state index contributed by atoms with van der Waals surface area (Å²) < 4.78 is 6.88. The molecule has 0 saturated carbocycles. The lowest BCUT2D eigenvalue weighted by Crippen LogP contribution is -2.27. The summed E-state index contributed by atoms with van der Waals surface area (Å²) >= 11 is 0. The number of rotatable bonds is 3. The molecule has 0 bridgehead atoms. The zero-order valence-corrected chi connectivity index (χ0v) is 18.6. The highest BCUT2D eigenvalue weighted by molar-refractivity contribution is 5.90. The van der Waals surface area contributed by atoms with Crippen LogP contribution in [-0.2, 0) is 4.74 Å². The van der Waals surface area contributed by atoms with Crippen LogP contribution in [0.15, 0.2) is 79.1 Å². The molecule has 0 atom stereocenters. The molecule has 0 unspecified atom stereocenters. The highest BCUT2D eigenvalue weighted by Crippen LogP contribution is 2.27. The van der Waals surface area contributed by atoms with Crippen LogP contribution in [0, 0.1) is 0 Å². The zero-order chi connectivity index (χ0) is 24.0. The van der Waals surface area contributed by atoms with Crippen molar-refractivity contribution < 1.29 is 19.4 Å². The molecule has 0 spiro atoms. The highest BCUT2D eigenvalue weighted by atomic mass is 16.6. The van der Waals surface area contributed by atoms with Crippen molar-refractivity contribution in [2.45, 2.75) is 26.4 Å². The normalized spacial score (nSPS) is 10.8. The van der Waals surface area contributed by atoms with Crippen LogP contribution in [0.25, 0.3) is 16.8 Å². The molecule has 0 aliphatic rings. The van der Waals surface area contributed by atoms with Gasteiger partial charge in [0, 0.05) is 12.4 Å². The lowest BCUT2D eigenvalue weighted by atomic mass is 10.0. The van der Waals surface area contributed by atoms with Gasteiger partial charge in [0.1, 0.15) is 11.2 Å². The number of carbonyl (C=O) groups is 2. The van der Waals surface area contributed by atoms with Gasteiger partial charge in [-0.2, -0.15) is 0 Å². The van der Waals surface area contributed by atoms with E-state index in [0.717, 1.165) is 11.1 Å². The number of nitrogens with two attached hydrogens (primary N) is 1. The van der Waals surface area contributed by atoms with Gasteiger partial charge in [-0.1, -0.05) is 42.5 Å². The Labute approximate surface area is 191 Å². The maximum absolute atomic E-state index is 11.7. The van der Waals surface area contributed by atoms with Crippen LogP contribution in [0.1, 0.15) is 31.3 Å². The first kappa shape index (κ1) is 23.3. The minimum absolute atomic E-state index is 0.0706. The number of pyridine rings is 1. The van der Waals surface area contributed by atoms with Gasteiger partial charge in [-0.05, 0) is 56.2 Å². The predicted octanol–water partition coefficient (Wildman–Crippen LogP) is 5.32. The first-order chi connectivity index (χ1) is 15.6. The number of aromatic nitrogens is 2. The van der Waals surface area contributed by atoms with E-state index in [0.29, 0.717) is 17.0 Å². The van der Waals surface area contributed by atoms with Crippen molar-refractivity contribution in [1.82, 2.24) is 9.38 Å². The molecule has 0 saturated heterocycles. The van der Waals surface area contributed by atoms with Gasteiger partial charge >= 0.3 is 12.1 Å². The Kier molecular flexibility index (Phi) is 6.97. The van der Waals surface area contributed by atoms with Crippen LogP contribution >= 0.6 is 0 Å². The Balaban J connectivity index is 0.000000215. The molecule has 2 heterocycles. The number of aromatic carboxylic acids is 1. The SMILES string of the molecule is CC(C)(C)OC(=O)Nc1ccc(-c2ccccc2)cc1N.O=C(O)c1cn2ccccc2n1. The highest BCUT2D eigenvalue weighted by Gasteiger charge is 2.17. The van der Waals surface area contributed by atoms with Crippen LogP contribution in [0.5, 0.6) is 0 Å². The third-order valence-electron chi connectivity index (χ3n) is 4.38. The van der Waals surface area contributed by atoms with Gasteiger partial charge in [0.05, 0.1) is 11.4 Å². The fraction of sp³-hybridized carbons (Fsp3) is 0.160. The number of amides is 1. The topological polar surface area (TPSA) is 119 Å². The number of carboxylic acids is 1. The number of imidazole rings is 1. The Morgan fingerprint density at radius 1 is 1.00 bits per heavy atom. The van der Waals surface area contributed by atoms with E-state index in [-0.39, 0.29) is 5.69 Å². The van der Waals surface area contributed by atoms with Gasteiger partial charge in [-0.3, -0.25) is 5.32 Å². The van der Waals surface area contributed by atoms with Gasteiger partial charge in [-0.25, -0.2) is 14.6 Å². The Morgan fingerprint density at radius 2 is 1.70 bits per heavy atom. The summed E-state index contributed by atoms with van der Waals surface area (Å²) in [5, 5.41) is 11.3. The first-order valence-corrected chi connectivity index (χ1v) is 10.2. The van der Waals surface area contributed by atoms with Crippen LogP contribution in [0.4, 0.5) is 16.2 Å². The Bertz CT molecular complexity index is 1230. The average Bonchev–Trinajstić information content (AvgIpc) is 3.20. The maximum atomic E-state index is 11.7. The molecule has 2 aromatic carbocycles. The number of benzene rings is 2. The first-order valence-electron chi connectivity index (χ1n) is 10.2. The molecule has 0 radical (unpaired) electrons. The van der Waals surface area contributed by atoms with Crippen molar-refractivity contribution in [2.24, 2.45) is 0 Å². The van der Waals surface area contributed by atoms with Crippen LogP contribution in [0.3, 0.4) is 0 Å². The van der Waals surface area contributed by atoms with Crippen molar-refractivity contribution in [3.05, 3.63) is 84.8 Å². The lowest BCUT2D eigenvalue weighted by molar-refractivity contribution is 0.0634. The molecule has 2 aromatic heterocycles. The van der Waals surface area contributed by atoms with Crippen molar-refractivity contribution in [3.63, 3.8) is 0 Å². The minimum Gasteiger partial charge on any atom is -0.476 e. The second-order valence-corrected chi connectivity index (χ2v) is 8.19. The van der Waals surface area contributed by atoms with Crippen molar-refractivity contribution in [3.8, 4) is 11.1 Å². The van der Waals surface area contributed by atoms with E-state index in [4.69, 9.17) is 15.6 Å². The average molecular weight is 447 g/mol. The molecule has 8 heteroatoms. The Hall–Kier alpha value is -4.33. The third-order valence-corrected chi connectivity index (χ3v) is 4.38. The molecule has 4 aromatic rings. The molecular weight excluding hydrogens is 420 g/mol. The van der Waals surface area contributed by atoms with Gasteiger partial charge in [0.25, 0.3) is 0 Å². The van der Waals surface area contributed by atoms with E-state index in [1.165, 1.54) is 6.20 Å². The molecule has 0 aliphatic heterocycles. The fourth-order valence-electron chi connectivity index (χ4n) is 2.94. The predicted molar refractivity (Wildman–Crippen MR) is 128 cm³/mol. The summed E-state index contributed by atoms with van der Waals surface area (Å²) in [5.41, 5.74) is 9.31. The molecule has 0 aliphatic carbocycles. The van der Waals surface area contributed by atoms with E-state index in [2.05, 4.69) is 10.3 Å². The van der Waals surface area contributed by atoms with E-state index in [1.807, 2.05) is 75.4 Å². The van der Waals surface area contributed by atoms with Crippen molar-refractivity contribution >= 4 is 29.1 Å². The van der Waals surface area contributed by atoms with Crippen LogP contribution < -0.4 is 11.1 Å². The van der Waals surface area contributed by atoms with E-state index in [1.54, 1.807) is 22.7 Å². The second kappa shape index (κ2) is 9.86. The smallest absolute Gasteiger partial charge is 0.412 e. The molecule has 33 heavy (non-hydrogen) atoms. The van der Waals surface area contributed by atoms with Gasteiger partial charge < -0.3 is 20.0 Å². The minimum atomic E-state index is -1.00. The van der Waals surface area contributed by atoms with Gasteiger partial charge in [0.15, 0.2) is 5.69 Å². The second-order valence-electron chi connectivity index (χ2n) is 8.19. The number of nitrogens with one attached hydrogen (secondary N) is 1. The summed E-state index contributed by atoms with van der Waals surface area (Å²) in [4.78, 5) is 26.1. The Morgan fingerprint density at radius 3 is 2.30 bits per heavy atom. The molecule has 170 valence electrons. The number of hydrogen-bond donors (Lipinski definition) is 3. The largest absolute Gasteiger partial charge is 0.476 e. The molecule has 4 rings (SSSR count). The number of carboxylic acid groups (broad SMARTS) is 1. The number of carbonyl (C=O) groups excluding carboxylic acids is 1. The number of fused-ring (bicyclic) bond motifs is 1. The monoisotopic (exact) mass is 446 g/mol. The van der Waals surface area contributed by atoms with Crippen LogP contribution in [0.2, 0.25) is 0 Å². The standard InChI is InChI=1S/C17H20N2O2.C8H6N2O2/c1-17(2,3)21-16(20)19-15-10-9-13(11-14(15)18)12-7-5-4-6-8-12;11-8(12)6-5-10-4-2-1-3-7(10)9-6/h4-11H,18H2,1-3H3,(H,19,20);1-5H,(H,11,12). The summed E-state index contributed by atoms with van der Waals surface area (Å²) in [6, 6.07) is 20.8. The van der Waals surface area contributed by atoms with Gasteiger partial charge in [-0.15, -0.1) is 0 Å². The van der Waals surface area contributed by atoms with E-state index < -0.39 is 17.7 Å². The maximum Gasteiger partial charge on any atom is 0.412 e. The van der Waals surface area contributed by atoms with Crippen molar-refractivity contribution in [2.75, 3.05) is 11.1 Å². The van der Waals surface area contributed by atoms with Crippen LogP contribution in [-0.4, -0.2) is 32.2 Å². The molecule has 1 amide bonds. The third kappa shape index (κ3) is 6.57. The summed E-state index contributed by atoms with van der Waals surface area (Å²) in [7, 11) is 0. The van der Waals surface area contributed by atoms with Crippen molar-refractivity contribution in [1.29, 1.82) is 0 Å². The number of anilines is 2. The molecular formula is C25H26N4O4. The summed E-state index contributed by atoms with van der Waals surface area (Å²) in [6.45, 7) is 5.44. The molecule has 8 nitrogen and oxygen atoms in total. The fourth-order valence-corrected chi connectivity index (χ4v) is 2.94. The summed E-state index contributed by atoms with van der Waals surface area (Å²) in [6.07, 6.45) is 2.73. The van der Waals surface area contributed by atoms with Gasteiger partial charge in [0.2, 0.25) is 0 Å². The summed E-state index contributed by atoms with van der Waals surface area (Å²) in [5.74, 6) is -1.00. The number of ether oxygens (including phenoxy) is 1. The quantitative estimate of drug-likeness (QED) is 0.367. The number of nitrogens with zero attached hydrogens (tertiary/aromatic N) is 2. The number of hydrogen-bond acceptors (Lipinski definition) is 5. The lowest BCUT2D eigenvalue weighted by Gasteiger charge is -2.20. The molecule has 4 N–H and O–H groups in total. The number of nitrogen functional groups attached to an aromatic ring is 1. The van der Waals surface area contributed by atoms with E-state index >= 15 is 0 Å². The van der Waals surface area contributed by atoms with E-state index in [9.17, 15) is 9.59 Å².